The summed E-state index contributed by atoms with van der Waals surface area (Å²) < 4.78 is 15.8. The van der Waals surface area contributed by atoms with E-state index in [0.717, 1.165) is 40.6 Å². The molecule has 0 radical (unpaired) electrons. The Labute approximate surface area is 154 Å². The average Bonchev–Trinajstić information content (AvgIpc) is 2.86. The van der Waals surface area contributed by atoms with Gasteiger partial charge < -0.3 is 9.47 Å². The van der Waals surface area contributed by atoms with Gasteiger partial charge >= 0.3 is 0 Å². The highest BCUT2D eigenvalue weighted by Crippen LogP contribution is 2.33. The highest BCUT2D eigenvalue weighted by molar-refractivity contribution is 7.23. The summed E-state index contributed by atoms with van der Waals surface area (Å²) in [5.74, 6) is -0.0500. The normalized spacial score (nSPS) is 17.3. The Morgan fingerprint density at radius 1 is 1.38 bits per heavy atom. The van der Waals surface area contributed by atoms with Gasteiger partial charge in [0, 0.05) is 43.7 Å². The Morgan fingerprint density at radius 2 is 2.23 bits per heavy atom. The number of nitrogens with zero attached hydrogens (tertiary/aromatic N) is 3. The number of hydrogen-bond donors (Lipinski definition) is 0. The van der Waals surface area contributed by atoms with Crippen LogP contribution >= 0.6 is 9.24 Å². The molecule has 1 amide bonds. The maximum Gasteiger partial charge on any atom is 0.219 e. The number of aromatic nitrogens is 2. The van der Waals surface area contributed by atoms with Crippen molar-refractivity contribution in [2.45, 2.75) is 32.9 Å². The fourth-order valence-corrected chi connectivity index (χ4v) is 4.01. The average molecular weight is 369 g/mol. The molecule has 2 aromatic heterocycles. The molecule has 0 aromatic carbocycles. The zero-order chi connectivity index (χ0) is 18.3. The fraction of sp³-hybridized carbons (Fsp3) is 0.300. The summed E-state index contributed by atoms with van der Waals surface area (Å²) in [4.78, 5) is 18.4. The molecule has 1 aliphatic carbocycles. The first kappa shape index (κ1) is 17.2. The Hall–Kier alpha value is -2.26. The van der Waals surface area contributed by atoms with Crippen molar-refractivity contribution in [2.24, 2.45) is 0 Å². The van der Waals surface area contributed by atoms with Crippen LogP contribution < -0.4 is 0 Å². The molecule has 1 aliphatic heterocycles. The molecule has 4 rings (SSSR count). The van der Waals surface area contributed by atoms with Gasteiger partial charge in [-0.2, -0.15) is 0 Å². The summed E-state index contributed by atoms with van der Waals surface area (Å²) >= 11 is 0. The molecule has 1 unspecified atom stereocenters. The Bertz CT molecular complexity index is 986. The van der Waals surface area contributed by atoms with E-state index in [2.05, 4.69) is 24.9 Å². The third-order valence-electron chi connectivity index (χ3n) is 5.14. The van der Waals surface area contributed by atoms with Gasteiger partial charge in [0.1, 0.15) is 11.5 Å². The molecule has 2 aliphatic rings. The number of allylic oxidation sites excluding steroid dienone is 6. The van der Waals surface area contributed by atoms with Crippen molar-refractivity contribution in [1.82, 2.24) is 14.5 Å². The summed E-state index contributed by atoms with van der Waals surface area (Å²) in [5, 5.41) is 2.15. The molecule has 1 atom stereocenters. The van der Waals surface area contributed by atoms with E-state index in [1.165, 1.54) is 11.6 Å². The first-order valence-corrected chi connectivity index (χ1v) is 9.34. The van der Waals surface area contributed by atoms with E-state index < -0.39 is 0 Å². The lowest BCUT2D eigenvalue weighted by molar-refractivity contribution is -0.129. The van der Waals surface area contributed by atoms with Crippen molar-refractivity contribution >= 4 is 26.2 Å². The summed E-state index contributed by atoms with van der Waals surface area (Å²) in [5.41, 5.74) is 4.37. The first-order valence-electron chi connectivity index (χ1n) is 8.76. The maximum absolute atomic E-state index is 13.6. The zero-order valence-electron chi connectivity index (χ0n) is 14.7. The monoisotopic (exact) mass is 369 g/mol. The largest absolute Gasteiger partial charge is 0.337 e. The second-order valence-corrected chi connectivity index (χ2v) is 7.37. The highest BCUT2D eigenvalue weighted by atomic mass is 31.0. The van der Waals surface area contributed by atoms with Crippen molar-refractivity contribution in [2.75, 3.05) is 6.54 Å². The van der Waals surface area contributed by atoms with E-state index >= 15 is 0 Å². The van der Waals surface area contributed by atoms with Crippen molar-refractivity contribution in [3.63, 3.8) is 0 Å². The summed E-state index contributed by atoms with van der Waals surface area (Å²) in [6.45, 7) is 3.55. The van der Waals surface area contributed by atoms with E-state index in [0.29, 0.717) is 19.5 Å². The van der Waals surface area contributed by atoms with Crippen molar-refractivity contribution in [3.05, 3.63) is 64.5 Å². The molecule has 134 valence electrons. The van der Waals surface area contributed by atoms with E-state index in [9.17, 15) is 9.18 Å². The number of halogens is 1. The number of rotatable bonds is 2. The fourth-order valence-electron chi connectivity index (χ4n) is 3.71. The molecule has 0 fully saturated rings. The minimum atomic E-state index is -0.139. The standard InChI is InChI=1S/C20H21FN3OP/c1-13(25)23-10-8-16-17-3-2-9-22-20(17)24(18(16)12-23)11-14-4-5-15(21)6-7-19(14)26/h2-5,7,9H,6,8,10-12,26H2,1H3. The van der Waals surface area contributed by atoms with E-state index in [4.69, 9.17) is 0 Å². The molecule has 26 heavy (non-hydrogen) atoms. The van der Waals surface area contributed by atoms with Gasteiger partial charge in [0.25, 0.3) is 0 Å². The van der Waals surface area contributed by atoms with Crippen LogP contribution in [0.15, 0.2) is 53.3 Å². The summed E-state index contributed by atoms with van der Waals surface area (Å²) in [6, 6.07) is 4.05. The van der Waals surface area contributed by atoms with Crippen LogP contribution in [-0.4, -0.2) is 26.9 Å². The van der Waals surface area contributed by atoms with Crippen LogP contribution in [0.3, 0.4) is 0 Å². The number of pyridine rings is 1. The molecule has 4 nitrogen and oxygen atoms in total. The lowest BCUT2D eigenvalue weighted by atomic mass is 10.0. The summed E-state index contributed by atoms with van der Waals surface area (Å²) in [7, 11) is 2.71. The van der Waals surface area contributed by atoms with Crippen LogP contribution in [0.5, 0.6) is 0 Å². The number of hydrogen-bond acceptors (Lipinski definition) is 2. The SMILES string of the molecule is CC(=O)N1CCc2c(n(CC3=CC=C(F)CC=C3P)c3ncccc23)C1. The van der Waals surface area contributed by atoms with Crippen LogP contribution in [0, 0.1) is 0 Å². The third kappa shape index (κ3) is 3.01. The predicted molar refractivity (Wildman–Crippen MR) is 104 cm³/mol. The maximum atomic E-state index is 13.6. The van der Waals surface area contributed by atoms with Crippen molar-refractivity contribution in [1.29, 1.82) is 0 Å². The van der Waals surface area contributed by atoms with Gasteiger partial charge in [-0.25, -0.2) is 9.37 Å². The first-order chi connectivity index (χ1) is 12.5. The van der Waals surface area contributed by atoms with Crippen molar-refractivity contribution < 1.29 is 9.18 Å². The molecule has 0 spiro atoms. The second kappa shape index (κ2) is 6.81. The molecule has 6 heteroatoms. The molecule has 3 heterocycles. The summed E-state index contributed by atoms with van der Waals surface area (Å²) in [6.07, 6.45) is 8.22. The molecule has 0 saturated heterocycles. The number of fused-ring (bicyclic) bond motifs is 3. The van der Waals surface area contributed by atoms with Crippen LogP contribution in [0.2, 0.25) is 0 Å². The highest BCUT2D eigenvalue weighted by Gasteiger charge is 2.26. The van der Waals surface area contributed by atoms with Gasteiger partial charge in [-0.05, 0) is 41.1 Å². The molecular weight excluding hydrogens is 348 g/mol. The lowest BCUT2D eigenvalue weighted by Gasteiger charge is -2.27. The Kier molecular flexibility index (Phi) is 4.49. The van der Waals surface area contributed by atoms with E-state index in [1.807, 2.05) is 23.1 Å². The van der Waals surface area contributed by atoms with Crippen LogP contribution in [0.1, 0.15) is 24.6 Å². The zero-order valence-corrected chi connectivity index (χ0v) is 15.9. The van der Waals surface area contributed by atoms with Gasteiger partial charge in [0.15, 0.2) is 0 Å². The number of amides is 1. The Balaban J connectivity index is 1.82. The molecule has 2 aromatic rings. The van der Waals surface area contributed by atoms with Gasteiger partial charge in [-0.3, -0.25) is 4.79 Å². The van der Waals surface area contributed by atoms with Crippen molar-refractivity contribution in [3.8, 4) is 0 Å². The smallest absolute Gasteiger partial charge is 0.219 e. The van der Waals surface area contributed by atoms with Gasteiger partial charge in [-0.15, -0.1) is 9.24 Å². The van der Waals surface area contributed by atoms with Gasteiger partial charge in [0.2, 0.25) is 5.91 Å². The number of carbonyl (C=O) groups is 1. The minimum Gasteiger partial charge on any atom is -0.337 e. The van der Waals surface area contributed by atoms with Crippen LogP contribution in [0.25, 0.3) is 11.0 Å². The predicted octanol–water partition coefficient (Wildman–Crippen LogP) is 3.88. The molecular formula is C20H21FN3OP. The Morgan fingerprint density at radius 3 is 3.04 bits per heavy atom. The lowest BCUT2D eigenvalue weighted by Crippen LogP contribution is -2.35. The third-order valence-corrected chi connectivity index (χ3v) is 5.75. The molecule has 0 saturated carbocycles. The second-order valence-electron chi connectivity index (χ2n) is 6.75. The molecule has 0 bridgehead atoms. The van der Waals surface area contributed by atoms with E-state index in [-0.39, 0.29) is 11.7 Å². The molecule has 0 N–H and O–H groups in total. The quantitative estimate of drug-likeness (QED) is 0.754. The topological polar surface area (TPSA) is 38.1 Å². The van der Waals surface area contributed by atoms with E-state index in [1.54, 1.807) is 13.1 Å². The minimum absolute atomic E-state index is 0.0886. The van der Waals surface area contributed by atoms with Crippen LogP contribution in [-0.2, 0) is 24.3 Å². The van der Waals surface area contributed by atoms with Crippen LogP contribution in [0.4, 0.5) is 4.39 Å². The van der Waals surface area contributed by atoms with Gasteiger partial charge in [0.05, 0.1) is 6.54 Å². The van der Waals surface area contributed by atoms with Gasteiger partial charge in [-0.1, -0.05) is 12.2 Å². The number of carbonyl (C=O) groups excluding carboxylic acids is 1.